The Balaban J connectivity index is 1.61. The van der Waals surface area contributed by atoms with Crippen LogP contribution in [0, 0.1) is 0 Å². The molecule has 0 bridgehead atoms. The number of aromatic nitrogens is 4. The summed E-state index contributed by atoms with van der Waals surface area (Å²) in [5, 5.41) is 9.17. The predicted molar refractivity (Wildman–Crippen MR) is 112 cm³/mol. The second kappa shape index (κ2) is 7.24. The van der Waals surface area contributed by atoms with Crippen molar-refractivity contribution in [1.82, 2.24) is 19.6 Å². The van der Waals surface area contributed by atoms with Crippen molar-refractivity contribution < 1.29 is 0 Å². The summed E-state index contributed by atoms with van der Waals surface area (Å²) in [7, 11) is 0. The Morgan fingerprint density at radius 1 is 1.07 bits per heavy atom. The van der Waals surface area contributed by atoms with Crippen LogP contribution >= 0.6 is 11.6 Å². The molecule has 6 heteroatoms. The number of nitrogens with one attached hydrogen (secondary N) is 1. The van der Waals surface area contributed by atoms with E-state index in [-0.39, 0.29) is 0 Å². The number of hydrogen-bond acceptors (Lipinski definition) is 4. The lowest BCUT2D eigenvalue weighted by Gasteiger charge is -2.20. The van der Waals surface area contributed by atoms with Gasteiger partial charge in [-0.05, 0) is 49.4 Å². The maximum atomic E-state index is 6.18. The Hall–Kier alpha value is -2.92. The molecule has 0 aliphatic heterocycles. The molecule has 0 amide bonds. The van der Waals surface area contributed by atoms with E-state index in [9.17, 15) is 0 Å². The van der Waals surface area contributed by atoms with E-state index < -0.39 is 0 Å². The van der Waals surface area contributed by atoms with Gasteiger partial charge in [-0.25, -0.2) is 4.98 Å². The molecule has 0 atom stereocenters. The highest BCUT2D eigenvalue weighted by Crippen LogP contribution is 2.30. The molecule has 0 saturated carbocycles. The van der Waals surface area contributed by atoms with Gasteiger partial charge in [-0.3, -0.25) is 4.98 Å². The minimum Gasteiger partial charge on any atom is -0.366 e. The molecule has 3 aromatic heterocycles. The van der Waals surface area contributed by atoms with Crippen molar-refractivity contribution in [3.05, 3.63) is 76.7 Å². The van der Waals surface area contributed by atoms with Crippen molar-refractivity contribution in [2.24, 2.45) is 0 Å². The van der Waals surface area contributed by atoms with Gasteiger partial charge in [0, 0.05) is 46.8 Å². The number of benzene rings is 1. The lowest BCUT2D eigenvalue weighted by Crippen LogP contribution is -2.15. The van der Waals surface area contributed by atoms with E-state index in [1.165, 1.54) is 24.1 Å². The lowest BCUT2D eigenvalue weighted by molar-refractivity contribution is 0.661. The number of hydrogen-bond donors (Lipinski definition) is 1. The summed E-state index contributed by atoms with van der Waals surface area (Å²) in [6, 6.07) is 13.9. The van der Waals surface area contributed by atoms with Crippen LogP contribution in [0.4, 0.5) is 5.82 Å². The van der Waals surface area contributed by atoms with E-state index in [4.69, 9.17) is 21.7 Å². The molecular formula is C22H20ClN5. The topological polar surface area (TPSA) is 55.1 Å². The van der Waals surface area contributed by atoms with Gasteiger partial charge in [0.15, 0.2) is 5.65 Å². The Morgan fingerprint density at radius 3 is 2.86 bits per heavy atom. The number of pyridine rings is 1. The minimum atomic E-state index is 0.700. The molecule has 3 heterocycles. The van der Waals surface area contributed by atoms with Gasteiger partial charge in [0.2, 0.25) is 0 Å². The van der Waals surface area contributed by atoms with Gasteiger partial charge in [0.25, 0.3) is 0 Å². The second-order valence-corrected chi connectivity index (χ2v) is 7.55. The predicted octanol–water partition coefficient (Wildman–Crippen LogP) is 4.94. The van der Waals surface area contributed by atoms with Crippen LogP contribution in [0.1, 0.15) is 29.7 Å². The van der Waals surface area contributed by atoms with Crippen molar-refractivity contribution in [2.75, 3.05) is 5.32 Å². The smallest absolute Gasteiger partial charge is 0.158 e. The number of anilines is 1. The molecule has 4 aromatic rings. The van der Waals surface area contributed by atoms with E-state index >= 15 is 0 Å². The first-order chi connectivity index (χ1) is 13.8. The van der Waals surface area contributed by atoms with E-state index in [0.29, 0.717) is 11.6 Å². The summed E-state index contributed by atoms with van der Waals surface area (Å²) in [5.41, 5.74) is 6.34. The zero-order valence-electron chi connectivity index (χ0n) is 15.4. The molecule has 0 spiro atoms. The number of halogens is 1. The molecule has 28 heavy (non-hydrogen) atoms. The highest BCUT2D eigenvalue weighted by molar-refractivity contribution is 6.30. The molecule has 1 aliphatic carbocycles. The van der Waals surface area contributed by atoms with Gasteiger partial charge in [-0.1, -0.05) is 29.8 Å². The van der Waals surface area contributed by atoms with Gasteiger partial charge in [0.05, 0.1) is 5.69 Å². The summed E-state index contributed by atoms with van der Waals surface area (Å²) < 4.78 is 1.94. The Morgan fingerprint density at radius 2 is 2.00 bits per heavy atom. The van der Waals surface area contributed by atoms with E-state index in [1.54, 1.807) is 6.20 Å². The second-order valence-electron chi connectivity index (χ2n) is 7.12. The van der Waals surface area contributed by atoms with E-state index in [2.05, 4.69) is 16.4 Å². The van der Waals surface area contributed by atoms with Crippen molar-refractivity contribution in [3.8, 4) is 11.3 Å². The van der Waals surface area contributed by atoms with Crippen molar-refractivity contribution in [1.29, 1.82) is 0 Å². The highest BCUT2D eigenvalue weighted by Gasteiger charge is 2.20. The molecule has 0 fully saturated rings. The van der Waals surface area contributed by atoms with Crippen LogP contribution < -0.4 is 5.32 Å². The van der Waals surface area contributed by atoms with Crippen molar-refractivity contribution in [2.45, 2.75) is 32.2 Å². The number of aryl methyl sites for hydroxylation is 1. The lowest BCUT2D eigenvalue weighted by atomic mass is 9.96. The van der Waals surface area contributed by atoms with Crippen LogP contribution in [-0.2, 0) is 19.4 Å². The van der Waals surface area contributed by atoms with Crippen LogP contribution in [0.15, 0.2) is 54.9 Å². The van der Waals surface area contributed by atoms with E-state index in [1.807, 2.05) is 47.1 Å². The molecule has 0 unspecified atom stereocenters. The monoisotopic (exact) mass is 389 g/mol. The zero-order valence-corrected chi connectivity index (χ0v) is 16.2. The van der Waals surface area contributed by atoms with Gasteiger partial charge in [0.1, 0.15) is 5.82 Å². The third-order valence-electron chi connectivity index (χ3n) is 5.18. The molecule has 5 nitrogen and oxygen atoms in total. The molecule has 1 aromatic carbocycles. The van der Waals surface area contributed by atoms with Crippen LogP contribution in [0.2, 0.25) is 5.02 Å². The maximum absolute atomic E-state index is 6.18. The van der Waals surface area contributed by atoms with E-state index in [0.717, 1.165) is 41.1 Å². The Labute approximate surface area is 168 Å². The third kappa shape index (κ3) is 3.22. The quantitative estimate of drug-likeness (QED) is 0.537. The largest absolute Gasteiger partial charge is 0.366 e. The van der Waals surface area contributed by atoms with Crippen molar-refractivity contribution in [3.63, 3.8) is 0 Å². The average Bonchev–Trinajstić information content (AvgIpc) is 3.16. The molecule has 1 aliphatic rings. The van der Waals surface area contributed by atoms with Gasteiger partial charge in [-0.15, -0.1) is 0 Å². The summed E-state index contributed by atoms with van der Waals surface area (Å²) >= 11 is 6.18. The zero-order chi connectivity index (χ0) is 18.9. The first-order valence-electron chi connectivity index (χ1n) is 9.58. The summed E-state index contributed by atoms with van der Waals surface area (Å²) in [6.07, 6.45) is 8.10. The number of nitrogens with zero attached hydrogens (tertiary/aromatic N) is 4. The molecule has 0 saturated heterocycles. The standard InChI is InChI=1S/C22H20ClN5/c23-17-7-3-6-16(11-17)20-12-21-26-19-9-2-1-8-18(19)22(28(21)27-20)25-14-15-5-4-10-24-13-15/h3-7,10-13,25H,1-2,8-9,14H2. The molecule has 140 valence electrons. The molecule has 1 N–H and O–H groups in total. The maximum Gasteiger partial charge on any atom is 0.158 e. The fourth-order valence-corrected chi connectivity index (χ4v) is 4.00. The molecule has 0 radical (unpaired) electrons. The highest BCUT2D eigenvalue weighted by atomic mass is 35.5. The first kappa shape index (κ1) is 17.2. The van der Waals surface area contributed by atoms with Gasteiger partial charge in [-0.2, -0.15) is 9.61 Å². The van der Waals surface area contributed by atoms with Gasteiger partial charge >= 0.3 is 0 Å². The summed E-state index contributed by atoms with van der Waals surface area (Å²) in [4.78, 5) is 9.13. The van der Waals surface area contributed by atoms with Crippen LogP contribution in [0.3, 0.4) is 0 Å². The van der Waals surface area contributed by atoms with Gasteiger partial charge < -0.3 is 5.32 Å². The van der Waals surface area contributed by atoms with Crippen LogP contribution in [0.25, 0.3) is 16.9 Å². The normalized spacial score (nSPS) is 13.5. The SMILES string of the molecule is Clc1cccc(-c2cc3nc4c(c(NCc5cccnc5)n3n2)CCCC4)c1. The first-order valence-corrected chi connectivity index (χ1v) is 9.96. The number of fused-ring (bicyclic) bond motifs is 2. The van der Waals surface area contributed by atoms with Crippen LogP contribution in [0.5, 0.6) is 0 Å². The Bertz CT molecular complexity index is 1140. The fraction of sp³-hybridized carbons (Fsp3) is 0.227. The fourth-order valence-electron chi connectivity index (χ4n) is 3.81. The summed E-state index contributed by atoms with van der Waals surface area (Å²) in [6.45, 7) is 0.700. The molecular weight excluding hydrogens is 370 g/mol. The van der Waals surface area contributed by atoms with Crippen LogP contribution in [-0.4, -0.2) is 19.6 Å². The Kier molecular flexibility index (Phi) is 4.45. The average molecular weight is 390 g/mol. The summed E-state index contributed by atoms with van der Waals surface area (Å²) in [5.74, 6) is 1.04. The minimum absolute atomic E-state index is 0.700. The molecule has 5 rings (SSSR count). The number of rotatable bonds is 4. The van der Waals surface area contributed by atoms with Crippen molar-refractivity contribution >= 4 is 23.1 Å². The third-order valence-corrected chi connectivity index (χ3v) is 5.41.